The minimum atomic E-state index is -1.84. The van der Waals surface area contributed by atoms with Crippen LogP contribution in [0.3, 0.4) is 0 Å². The molecule has 0 unspecified atom stereocenters. The zero-order valence-electron chi connectivity index (χ0n) is 26.3. The van der Waals surface area contributed by atoms with Gasteiger partial charge in [-0.1, -0.05) is 45.9 Å². The minimum Gasteiger partial charge on any atom is -0.414 e. The molecule has 0 saturated carbocycles. The zero-order chi connectivity index (χ0) is 32.0. The van der Waals surface area contributed by atoms with E-state index in [1.807, 2.05) is 33.0 Å². The number of carbonyl (C=O) groups excluding carboxylic acids is 4. The Balaban J connectivity index is 1.27. The van der Waals surface area contributed by atoms with Crippen molar-refractivity contribution in [2.75, 3.05) is 20.1 Å². The number of benzene rings is 1. The molecule has 11 nitrogen and oxygen atoms in total. The third kappa shape index (κ3) is 4.27. The first-order valence-corrected chi connectivity index (χ1v) is 16.7. The van der Waals surface area contributed by atoms with Crippen molar-refractivity contribution in [3.8, 4) is 0 Å². The van der Waals surface area contributed by atoms with Gasteiger partial charge in [-0.25, -0.2) is 0 Å². The molecule has 3 saturated heterocycles. The molecule has 6 atom stereocenters. The van der Waals surface area contributed by atoms with Gasteiger partial charge in [-0.05, 0) is 77.3 Å². The number of nitrogens with one attached hydrogen (secondary N) is 2. The van der Waals surface area contributed by atoms with Crippen molar-refractivity contribution >= 4 is 56.6 Å². The van der Waals surface area contributed by atoms with Gasteiger partial charge in [-0.2, -0.15) is 0 Å². The van der Waals surface area contributed by atoms with E-state index >= 15 is 0 Å². The van der Waals surface area contributed by atoms with Crippen molar-refractivity contribution in [1.82, 2.24) is 25.0 Å². The number of piperazine rings is 1. The Labute approximate surface area is 270 Å². The average molecular weight is 683 g/mol. The molecule has 2 aromatic rings. The van der Waals surface area contributed by atoms with Gasteiger partial charge in [-0.15, -0.1) is 0 Å². The lowest BCUT2D eigenvalue weighted by atomic mass is 9.79. The van der Waals surface area contributed by atoms with Crippen molar-refractivity contribution in [3.05, 3.63) is 40.0 Å². The van der Waals surface area contributed by atoms with Crippen molar-refractivity contribution < 1.29 is 28.7 Å². The number of rotatable bonds is 7. The Morgan fingerprint density at radius 3 is 2.76 bits per heavy atom. The molecular weight excluding hydrogens is 642 g/mol. The maximum Gasteiger partial charge on any atom is 0.323 e. The van der Waals surface area contributed by atoms with E-state index < -0.39 is 41.5 Å². The van der Waals surface area contributed by atoms with E-state index in [4.69, 9.17) is 9.47 Å². The Bertz CT molecular complexity index is 1640. The van der Waals surface area contributed by atoms with E-state index in [-0.39, 0.29) is 30.2 Å². The SMILES string of the molecule is CC(C)C[C@H]1C(=O)N2CCC[C@H]2[C@]2(OC=O)O[C@](NC(=O)[C@@H]3C=C4c5cccc6[nH]c(Br)c(c56)C[C@H]4N(C)C3)(C(C)C)C(=O)N12. The fourth-order valence-electron chi connectivity index (χ4n) is 8.35. The molecule has 1 aliphatic carbocycles. The summed E-state index contributed by atoms with van der Waals surface area (Å²) in [6, 6.07) is 4.70. The van der Waals surface area contributed by atoms with Crippen molar-refractivity contribution in [3.63, 3.8) is 0 Å². The van der Waals surface area contributed by atoms with Gasteiger partial charge in [0.05, 0.1) is 10.5 Å². The fraction of sp³-hybridized carbons (Fsp3) is 0.576. The predicted octanol–water partition coefficient (Wildman–Crippen LogP) is 3.37. The molecule has 3 amide bonds. The lowest BCUT2D eigenvalue weighted by Gasteiger charge is -2.50. The lowest BCUT2D eigenvalue weighted by Crippen LogP contribution is -2.72. The summed E-state index contributed by atoms with van der Waals surface area (Å²) in [4.78, 5) is 63.5. The van der Waals surface area contributed by atoms with Gasteiger partial charge in [0.1, 0.15) is 12.1 Å². The molecule has 0 spiro atoms. The van der Waals surface area contributed by atoms with E-state index in [2.05, 4.69) is 43.3 Å². The summed E-state index contributed by atoms with van der Waals surface area (Å²) in [6.45, 7) is 8.77. The van der Waals surface area contributed by atoms with Crippen LogP contribution in [-0.2, 0) is 35.1 Å². The molecule has 1 aromatic heterocycles. The number of hydrogen-bond acceptors (Lipinski definition) is 7. The van der Waals surface area contributed by atoms with E-state index in [0.717, 1.165) is 33.1 Å². The highest BCUT2D eigenvalue weighted by atomic mass is 79.9. The van der Waals surface area contributed by atoms with Crippen LogP contribution in [0.5, 0.6) is 0 Å². The number of likely N-dealkylation sites (N-methyl/N-ethyl adjacent to an activating group) is 1. The van der Waals surface area contributed by atoms with Crippen LogP contribution in [0, 0.1) is 17.8 Å². The summed E-state index contributed by atoms with van der Waals surface area (Å²) in [5.74, 6) is -3.97. The number of fused-ring (bicyclic) bond motifs is 5. The minimum absolute atomic E-state index is 0.0712. The maximum absolute atomic E-state index is 14.7. The molecule has 0 bridgehead atoms. The zero-order valence-corrected chi connectivity index (χ0v) is 27.8. The van der Waals surface area contributed by atoms with Crippen LogP contribution in [0.25, 0.3) is 16.5 Å². The highest BCUT2D eigenvalue weighted by Crippen LogP contribution is 2.50. The first-order chi connectivity index (χ1) is 21.4. The number of aromatic nitrogens is 1. The normalized spacial score (nSPS) is 32.6. The molecule has 45 heavy (non-hydrogen) atoms. The van der Waals surface area contributed by atoms with Crippen LogP contribution >= 0.6 is 15.9 Å². The first-order valence-electron chi connectivity index (χ1n) is 15.9. The summed E-state index contributed by atoms with van der Waals surface area (Å²) in [5, 5.41) is 4.17. The van der Waals surface area contributed by atoms with Crippen molar-refractivity contribution in [2.45, 2.75) is 83.1 Å². The fourth-order valence-corrected chi connectivity index (χ4v) is 8.92. The number of ether oxygens (including phenoxy) is 2. The number of aromatic amines is 1. The summed E-state index contributed by atoms with van der Waals surface area (Å²) >= 11 is 3.70. The number of nitrogens with zero attached hydrogens (tertiary/aromatic N) is 3. The monoisotopic (exact) mass is 681 g/mol. The number of amides is 3. The summed E-state index contributed by atoms with van der Waals surface area (Å²) in [7, 11) is 2.02. The van der Waals surface area contributed by atoms with Gasteiger partial charge in [0, 0.05) is 36.0 Å². The number of hydrogen-bond donors (Lipinski definition) is 2. The smallest absolute Gasteiger partial charge is 0.323 e. The van der Waals surface area contributed by atoms with Gasteiger partial charge in [0.25, 0.3) is 12.4 Å². The lowest BCUT2D eigenvalue weighted by molar-refractivity contribution is -0.322. The number of H-pyrrole nitrogens is 1. The van der Waals surface area contributed by atoms with E-state index in [9.17, 15) is 19.2 Å². The predicted molar refractivity (Wildman–Crippen MR) is 169 cm³/mol. The van der Waals surface area contributed by atoms with Crippen LogP contribution in [0.1, 0.15) is 58.1 Å². The number of carbonyl (C=O) groups is 4. The summed E-state index contributed by atoms with van der Waals surface area (Å²) < 4.78 is 13.4. The largest absolute Gasteiger partial charge is 0.414 e. The molecule has 5 aliphatic rings. The second kappa shape index (κ2) is 10.7. The van der Waals surface area contributed by atoms with Crippen molar-refractivity contribution in [2.24, 2.45) is 17.8 Å². The third-order valence-corrected chi connectivity index (χ3v) is 11.1. The van der Waals surface area contributed by atoms with Crippen LogP contribution in [0.15, 0.2) is 28.9 Å². The Morgan fingerprint density at radius 2 is 2.04 bits per heavy atom. The molecule has 5 heterocycles. The maximum atomic E-state index is 14.7. The first kappa shape index (κ1) is 30.4. The third-order valence-electron chi connectivity index (χ3n) is 10.4. The van der Waals surface area contributed by atoms with E-state index in [0.29, 0.717) is 32.4 Å². The molecule has 7 rings (SSSR count). The van der Waals surface area contributed by atoms with Crippen LogP contribution in [0.4, 0.5) is 0 Å². The quantitative estimate of drug-likeness (QED) is 0.430. The summed E-state index contributed by atoms with van der Waals surface area (Å²) in [6.07, 6.45) is 4.39. The number of halogens is 1. The Morgan fingerprint density at radius 1 is 1.27 bits per heavy atom. The highest BCUT2D eigenvalue weighted by Gasteiger charge is 2.74. The molecular formula is C33H40BrN5O6. The topological polar surface area (TPSA) is 124 Å². The molecule has 240 valence electrons. The average Bonchev–Trinajstić information content (AvgIpc) is 3.67. The van der Waals surface area contributed by atoms with Crippen LogP contribution in [-0.4, -0.2) is 93.8 Å². The summed E-state index contributed by atoms with van der Waals surface area (Å²) in [5.41, 5.74) is 2.59. The Kier molecular flexibility index (Phi) is 7.21. The van der Waals surface area contributed by atoms with E-state index in [1.54, 1.807) is 18.7 Å². The van der Waals surface area contributed by atoms with Gasteiger partial charge in [0.15, 0.2) is 0 Å². The molecule has 3 fully saturated rings. The van der Waals surface area contributed by atoms with Gasteiger partial charge in [0.2, 0.25) is 17.5 Å². The second-order valence-corrected chi connectivity index (χ2v) is 14.7. The second-order valence-electron chi connectivity index (χ2n) is 13.9. The van der Waals surface area contributed by atoms with Gasteiger partial charge in [-0.3, -0.25) is 33.7 Å². The highest BCUT2D eigenvalue weighted by molar-refractivity contribution is 9.10. The molecule has 4 aliphatic heterocycles. The molecule has 1 aromatic carbocycles. The van der Waals surface area contributed by atoms with Gasteiger partial charge < -0.3 is 19.9 Å². The molecule has 2 N–H and O–H groups in total. The van der Waals surface area contributed by atoms with Gasteiger partial charge >= 0.3 is 5.91 Å². The molecule has 0 radical (unpaired) electrons. The van der Waals surface area contributed by atoms with Crippen LogP contribution < -0.4 is 5.32 Å². The standard InChI is InChI=1S/C33H40BrN5O6/c1-17(2)12-25-30(42)38-11-7-10-26(38)33(44-16-40)39(25)31(43)32(45-33,18(3)4)36-29(41)19-13-21-20-8-6-9-23-27(20)22(28(34)35-23)14-24(21)37(5)15-19/h6,8-9,13,16-19,24-26,35H,7,10-12,14-15H2,1-5H3,(H,36,41)/t19-,24-,25+,26+,32-,33+/m1/s1. The van der Waals surface area contributed by atoms with Crippen molar-refractivity contribution in [1.29, 1.82) is 0 Å². The molecule has 12 heteroatoms. The van der Waals surface area contributed by atoms with E-state index in [1.165, 1.54) is 10.5 Å². The van der Waals surface area contributed by atoms with Crippen LogP contribution in [0.2, 0.25) is 0 Å². The Hall–Kier alpha value is -3.22.